The molecule has 2 rings (SSSR count). The minimum Gasteiger partial charge on any atom is -0.411 e. The molecule has 0 bridgehead atoms. The molecule has 0 aliphatic carbocycles. The molecule has 2 aromatic rings. The first-order chi connectivity index (χ1) is 8.63. The highest BCUT2D eigenvalue weighted by molar-refractivity contribution is 6.37. The van der Waals surface area contributed by atoms with Gasteiger partial charge in [-0.3, -0.25) is 0 Å². The van der Waals surface area contributed by atoms with Gasteiger partial charge >= 0.3 is 0 Å². The van der Waals surface area contributed by atoms with E-state index in [0.717, 1.165) is 5.69 Å². The number of imidazole rings is 1. The van der Waals surface area contributed by atoms with Crippen molar-refractivity contribution in [2.45, 2.75) is 12.8 Å². The molecule has 6 heteroatoms. The van der Waals surface area contributed by atoms with Gasteiger partial charge in [0.2, 0.25) is 0 Å². The zero-order chi connectivity index (χ0) is 13.1. The maximum atomic E-state index is 9.20. The molecule has 2 N–H and O–H groups in total. The third-order valence-corrected chi connectivity index (χ3v) is 3.26. The van der Waals surface area contributed by atoms with Gasteiger partial charge < -0.3 is 10.2 Å². The van der Waals surface area contributed by atoms with E-state index in [2.05, 4.69) is 15.1 Å². The van der Waals surface area contributed by atoms with Gasteiger partial charge in [0.1, 0.15) is 0 Å². The van der Waals surface area contributed by atoms with Crippen molar-refractivity contribution < 1.29 is 5.21 Å². The number of halogens is 2. The summed E-state index contributed by atoms with van der Waals surface area (Å²) in [6.07, 6.45) is 3.25. The van der Waals surface area contributed by atoms with Crippen molar-refractivity contribution in [1.29, 1.82) is 0 Å². The quantitative estimate of drug-likeness (QED) is 0.513. The molecule has 1 aromatic carbocycles. The third kappa shape index (κ3) is 2.49. The van der Waals surface area contributed by atoms with E-state index in [-0.39, 0.29) is 5.92 Å². The molecule has 0 aliphatic heterocycles. The summed E-state index contributed by atoms with van der Waals surface area (Å²) >= 11 is 11.9. The smallest absolute Gasteiger partial charge is 0.0970 e. The molecule has 0 saturated heterocycles. The lowest BCUT2D eigenvalue weighted by Gasteiger charge is -2.13. The van der Waals surface area contributed by atoms with E-state index in [0.29, 0.717) is 21.3 Å². The SMILES string of the molecule is CC(C(=NO)c1ccc(Cl)cc1Cl)c1cnc[nH]1. The number of H-pyrrole nitrogens is 1. The minimum absolute atomic E-state index is 0.156. The molecule has 1 heterocycles. The molecule has 1 atom stereocenters. The molecule has 0 aliphatic rings. The molecule has 18 heavy (non-hydrogen) atoms. The largest absolute Gasteiger partial charge is 0.411 e. The molecule has 0 fully saturated rings. The van der Waals surface area contributed by atoms with Crippen molar-refractivity contribution in [1.82, 2.24) is 9.97 Å². The molecule has 4 nitrogen and oxygen atoms in total. The number of nitrogens with zero attached hydrogens (tertiary/aromatic N) is 2. The lowest BCUT2D eigenvalue weighted by molar-refractivity contribution is 0.317. The number of nitrogens with one attached hydrogen (secondary N) is 1. The van der Waals surface area contributed by atoms with E-state index in [1.54, 1.807) is 30.7 Å². The number of hydrogen-bond donors (Lipinski definition) is 2. The number of oxime groups is 1. The summed E-state index contributed by atoms with van der Waals surface area (Å²) in [5, 5.41) is 13.5. The van der Waals surface area contributed by atoms with Crippen molar-refractivity contribution in [2.75, 3.05) is 0 Å². The second-order valence-electron chi connectivity index (χ2n) is 3.84. The Morgan fingerprint density at radius 1 is 1.44 bits per heavy atom. The van der Waals surface area contributed by atoms with Crippen LogP contribution in [0.2, 0.25) is 10.0 Å². The molecule has 0 saturated carbocycles. The number of aromatic nitrogens is 2. The number of benzene rings is 1. The van der Waals surface area contributed by atoms with Gasteiger partial charge in [-0.2, -0.15) is 0 Å². The fraction of sp³-hybridized carbons (Fsp3) is 0.167. The predicted octanol–water partition coefficient (Wildman–Crippen LogP) is 3.70. The Balaban J connectivity index is 2.40. The minimum atomic E-state index is -0.156. The van der Waals surface area contributed by atoms with Crippen molar-refractivity contribution in [2.24, 2.45) is 5.16 Å². The Hall–Kier alpha value is -1.52. The van der Waals surface area contributed by atoms with Crippen LogP contribution >= 0.6 is 23.2 Å². The topological polar surface area (TPSA) is 61.3 Å². The first-order valence-corrected chi connectivity index (χ1v) is 6.04. The molecule has 1 aromatic heterocycles. The zero-order valence-electron chi connectivity index (χ0n) is 9.56. The summed E-state index contributed by atoms with van der Waals surface area (Å²) in [4.78, 5) is 6.92. The number of rotatable bonds is 3. The van der Waals surface area contributed by atoms with E-state index < -0.39 is 0 Å². The third-order valence-electron chi connectivity index (χ3n) is 2.71. The summed E-state index contributed by atoms with van der Waals surface area (Å²) in [6.45, 7) is 1.90. The summed E-state index contributed by atoms with van der Waals surface area (Å²) in [5.41, 5.74) is 1.94. The van der Waals surface area contributed by atoms with Crippen LogP contribution in [0.15, 0.2) is 35.9 Å². The Labute approximate surface area is 114 Å². The Morgan fingerprint density at radius 2 is 2.22 bits per heavy atom. The molecule has 0 amide bonds. The fourth-order valence-corrected chi connectivity index (χ4v) is 2.23. The van der Waals surface area contributed by atoms with Gasteiger partial charge in [0.25, 0.3) is 0 Å². The van der Waals surface area contributed by atoms with E-state index in [9.17, 15) is 5.21 Å². The molecule has 1 unspecified atom stereocenters. The average Bonchev–Trinajstić information content (AvgIpc) is 2.86. The number of aromatic amines is 1. The van der Waals surface area contributed by atoms with Gasteiger partial charge in [0, 0.05) is 28.4 Å². The van der Waals surface area contributed by atoms with Crippen LogP contribution in [0, 0.1) is 0 Å². The van der Waals surface area contributed by atoms with Crippen LogP contribution in [-0.2, 0) is 0 Å². The normalized spacial score (nSPS) is 13.6. The summed E-state index contributed by atoms with van der Waals surface area (Å²) < 4.78 is 0. The summed E-state index contributed by atoms with van der Waals surface area (Å²) in [7, 11) is 0. The zero-order valence-corrected chi connectivity index (χ0v) is 11.1. The standard InChI is InChI=1S/C12H11Cl2N3O/c1-7(11-5-15-6-16-11)12(17-18)9-3-2-8(13)4-10(9)14/h2-7,18H,1H3,(H,15,16). The first-order valence-electron chi connectivity index (χ1n) is 5.29. The Bertz CT molecular complexity index is 567. The second-order valence-corrected chi connectivity index (χ2v) is 4.68. The van der Waals surface area contributed by atoms with Gasteiger partial charge in [0.05, 0.1) is 17.1 Å². The number of hydrogen-bond acceptors (Lipinski definition) is 3. The van der Waals surface area contributed by atoms with E-state index in [1.807, 2.05) is 6.92 Å². The first kappa shape index (κ1) is 12.9. The Kier molecular flexibility index (Phi) is 3.89. The average molecular weight is 284 g/mol. The molecular weight excluding hydrogens is 273 g/mol. The molecular formula is C12H11Cl2N3O. The van der Waals surface area contributed by atoms with Crippen molar-refractivity contribution in [3.05, 3.63) is 52.0 Å². The van der Waals surface area contributed by atoms with Gasteiger partial charge in [-0.15, -0.1) is 0 Å². The highest BCUT2D eigenvalue weighted by atomic mass is 35.5. The predicted molar refractivity (Wildman–Crippen MR) is 71.8 cm³/mol. The molecule has 0 radical (unpaired) electrons. The highest BCUT2D eigenvalue weighted by Gasteiger charge is 2.19. The van der Waals surface area contributed by atoms with Crippen molar-refractivity contribution in [3.63, 3.8) is 0 Å². The van der Waals surface area contributed by atoms with E-state index >= 15 is 0 Å². The van der Waals surface area contributed by atoms with Crippen LogP contribution in [-0.4, -0.2) is 20.9 Å². The van der Waals surface area contributed by atoms with Crippen LogP contribution in [0.4, 0.5) is 0 Å². The van der Waals surface area contributed by atoms with Crippen LogP contribution in [0.3, 0.4) is 0 Å². The summed E-state index contributed by atoms with van der Waals surface area (Å²) in [6, 6.07) is 5.05. The lowest BCUT2D eigenvalue weighted by atomic mass is 9.96. The highest BCUT2D eigenvalue weighted by Crippen LogP contribution is 2.27. The van der Waals surface area contributed by atoms with Crippen LogP contribution in [0.1, 0.15) is 24.1 Å². The fourth-order valence-electron chi connectivity index (χ4n) is 1.72. The maximum absolute atomic E-state index is 9.20. The van der Waals surface area contributed by atoms with Crippen molar-refractivity contribution >= 4 is 28.9 Å². The lowest BCUT2D eigenvalue weighted by Crippen LogP contribution is -2.12. The molecule has 0 spiro atoms. The second kappa shape index (κ2) is 5.42. The van der Waals surface area contributed by atoms with Gasteiger partial charge in [-0.05, 0) is 12.1 Å². The van der Waals surface area contributed by atoms with Gasteiger partial charge in [-0.1, -0.05) is 41.3 Å². The van der Waals surface area contributed by atoms with Crippen LogP contribution in [0.5, 0.6) is 0 Å². The Morgan fingerprint density at radius 3 is 2.78 bits per heavy atom. The van der Waals surface area contributed by atoms with Crippen molar-refractivity contribution in [3.8, 4) is 0 Å². The maximum Gasteiger partial charge on any atom is 0.0970 e. The van der Waals surface area contributed by atoms with Gasteiger partial charge in [0.15, 0.2) is 0 Å². The monoisotopic (exact) mass is 283 g/mol. The van der Waals surface area contributed by atoms with Gasteiger partial charge in [-0.25, -0.2) is 4.98 Å². The molecule has 94 valence electrons. The van der Waals surface area contributed by atoms with E-state index in [1.165, 1.54) is 0 Å². The summed E-state index contributed by atoms with van der Waals surface area (Å²) in [5.74, 6) is -0.156. The van der Waals surface area contributed by atoms with Crippen LogP contribution in [0.25, 0.3) is 0 Å². The van der Waals surface area contributed by atoms with E-state index in [4.69, 9.17) is 23.2 Å². The van der Waals surface area contributed by atoms with Crippen LogP contribution < -0.4 is 0 Å².